The summed E-state index contributed by atoms with van der Waals surface area (Å²) in [5.74, 6) is 0.389. The zero-order valence-electron chi connectivity index (χ0n) is 14.5. The average Bonchev–Trinajstić information content (AvgIpc) is 3.04. The number of hydrogen-bond donors (Lipinski definition) is 1. The van der Waals surface area contributed by atoms with Crippen molar-refractivity contribution in [2.45, 2.75) is 25.1 Å². The first-order valence-corrected chi connectivity index (χ1v) is 8.61. The molecule has 0 bridgehead atoms. The summed E-state index contributed by atoms with van der Waals surface area (Å²) in [5.41, 5.74) is 2.04. The van der Waals surface area contributed by atoms with Crippen LogP contribution in [0.5, 0.6) is 5.75 Å². The zero-order chi connectivity index (χ0) is 18.3. The largest absolute Gasteiger partial charge is 0.497 e. The van der Waals surface area contributed by atoms with E-state index in [1.807, 2.05) is 30.3 Å². The molecule has 1 saturated heterocycles. The van der Waals surface area contributed by atoms with Crippen molar-refractivity contribution in [2.24, 2.45) is 0 Å². The van der Waals surface area contributed by atoms with Crippen LogP contribution in [0.4, 0.5) is 5.69 Å². The van der Waals surface area contributed by atoms with E-state index in [1.54, 1.807) is 30.2 Å². The van der Waals surface area contributed by atoms with Crippen LogP contribution in [-0.4, -0.2) is 47.6 Å². The molecule has 0 aromatic heterocycles. The zero-order valence-corrected chi connectivity index (χ0v) is 14.5. The number of carbonyl (C=O) groups is 2. The molecule has 26 heavy (non-hydrogen) atoms. The minimum Gasteiger partial charge on any atom is -0.497 e. The van der Waals surface area contributed by atoms with Gasteiger partial charge in [-0.1, -0.05) is 24.3 Å². The number of para-hydroxylation sites is 1. The average molecular weight is 352 g/mol. The number of nitrogens with zero attached hydrogens (tertiary/aromatic N) is 2. The molecule has 2 heterocycles. The Kier molecular flexibility index (Phi) is 4.12. The van der Waals surface area contributed by atoms with Gasteiger partial charge in [-0.05, 0) is 29.8 Å². The van der Waals surface area contributed by atoms with Crippen molar-refractivity contribution in [3.05, 3.63) is 59.7 Å². The van der Waals surface area contributed by atoms with Crippen LogP contribution in [0.3, 0.4) is 0 Å². The van der Waals surface area contributed by atoms with Crippen molar-refractivity contribution in [1.82, 2.24) is 4.90 Å². The monoisotopic (exact) mass is 352 g/mol. The first-order valence-electron chi connectivity index (χ1n) is 8.61. The van der Waals surface area contributed by atoms with Gasteiger partial charge in [-0.15, -0.1) is 0 Å². The van der Waals surface area contributed by atoms with Gasteiger partial charge in [0.15, 0.2) is 0 Å². The van der Waals surface area contributed by atoms with Crippen molar-refractivity contribution < 1.29 is 19.4 Å². The van der Waals surface area contributed by atoms with Crippen LogP contribution in [-0.2, 0) is 11.3 Å². The van der Waals surface area contributed by atoms with Gasteiger partial charge >= 0.3 is 0 Å². The Morgan fingerprint density at radius 2 is 1.85 bits per heavy atom. The molecule has 0 saturated carbocycles. The second kappa shape index (κ2) is 6.46. The summed E-state index contributed by atoms with van der Waals surface area (Å²) in [4.78, 5) is 29.3. The van der Waals surface area contributed by atoms with Gasteiger partial charge in [0.05, 0.1) is 31.0 Å². The highest BCUT2D eigenvalue weighted by atomic mass is 16.5. The number of ether oxygens (including phenoxy) is 1. The van der Waals surface area contributed by atoms with Crippen molar-refractivity contribution in [3.8, 4) is 5.75 Å². The van der Waals surface area contributed by atoms with Gasteiger partial charge in [0.25, 0.3) is 5.91 Å². The topological polar surface area (TPSA) is 70.1 Å². The molecular formula is C20H20N2O4. The molecule has 1 fully saturated rings. The number of fused-ring (bicyclic) bond motifs is 2. The van der Waals surface area contributed by atoms with Crippen molar-refractivity contribution >= 4 is 17.5 Å². The maximum absolute atomic E-state index is 13.2. The molecule has 0 radical (unpaired) electrons. The number of aliphatic hydroxyl groups is 1. The lowest BCUT2D eigenvalue weighted by Crippen LogP contribution is -2.44. The highest BCUT2D eigenvalue weighted by Gasteiger charge is 2.44. The smallest absolute Gasteiger partial charge is 0.256 e. The molecule has 2 aliphatic heterocycles. The number of aliphatic hydroxyl groups excluding tert-OH is 1. The summed E-state index contributed by atoms with van der Waals surface area (Å²) in [6.07, 6.45) is -0.390. The van der Waals surface area contributed by atoms with E-state index in [1.165, 1.54) is 4.90 Å². The maximum Gasteiger partial charge on any atom is 0.256 e. The number of anilines is 1. The SMILES string of the molecule is COc1ccc(CN2C(=O)[C@@H]3C[C@@H](O)CN3C(=O)c3ccccc32)cc1. The van der Waals surface area contributed by atoms with Gasteiger partial charge in [0.2, 0.25) is 5.91 Å². The molecule has 0 unspecified atom stereocenters. The van der Waals surface area contributed by atoms with E-state index in [0.29, 0.717) is 17.8 Å². The van der Waals surface area contributed by atoms with Crippen molar-refractivity contribution in [1.29, 1.82) is 0 Å². The lowest BCUT2D eigenvalue weighted by Gasteiger charge is -2.26. The van der Waals surface area contributed by atoms with Gasteiger partial charge in [-0.3, -0.25) is 9.59 Å². The Balaban J connectivity index is 1.74. The summed E-state index contributed by atoms with van der Waals surface area (Å²) in [6.45, 7) is 0.549. The predicted octanol–water partition coefficient (Wildman–Crippen LogP) is 1.82. The molecule has 2 atom stereocenters. The van der Waals surface area contributed by atoms with Crippen LogP contribution in [0, 0.1) is 0 Å². The van der Waals surface area contributed by atoms with E-state index >= 15 is 0 Å². The van der Waals surface area contributed by atoms with Gasteiger partial charge < -0.3 is 19.6 Å². The molecule has 0 aliphatic carbocycles. The first kappa shape index (κ1) is 16.6. The minimum absolute atomic E-state index is 0.157. The van der Waals surface area contributed by atoms with Crippen LogP contribution < -0.4 is 9.64 Å². The molecule has 134 valence electrons. The molecule has 0 spiro atoms. The molecule has 1 N–H and O–H groups in total. The molecule has 2 aromatic carbocycles. The molecule has 2 aromatic rings. The van der Waals surface area contributed by atoms with E-state index in [0.717, 1.165) is 11.3 Å². The third-order valence-corrected chi connectivity index (χ3v) is 5.02. The third-order valence-electron chi connectivity index (χ3n) is 5.02. The second-order valence-corrected chi connectivity index (χ2v) is 6.65. The Labute approximate surface area is 151 Å². The van der Waals surface area contributed by atoms with Gasteiger partial charge in [-0.2, -0.15) is 0 Å². The summed E-state index contributed by atoms with van der Waals surface area (Å²) in [5, 5.41) is 9.99. The van der Waals surface area contributed by atoms with Crippen LogP contribution in [0.25, 0.3) is 0 Å². The van der Waals surface area contributed by atoms with Gasteiger partial charge in [0, 0.05) is 13.0 Å². The van der Waals surface area contributed by atoms with E-state index in [9.17, 15) is 14.7 Å². The summed E-state index contributed by atoms with van der Waals surface area (Å²) >= 11 is 0. The van der Waals surface area contributed by atoms with E-state index < -0.39 is 12.1 Å². The lowest BCUT2D eigenvalue weighted by atomic mass is 10.1. The molecule has 6 heteroatoms. The minimum atomic E-state index is -0.666. The molecule has 6 nitrogen and oxygen atoms in total. The molecule has 2 amide bonds. The molecule has 4 rings (SSSR count). The fourth-order valence-corrected chi connectivity index (χ4v) is 3.69. The summed E-state index contributed by atoms with van der Waals surface area (Å²) in [6, 6.07) is 14.0. The predicted molar refractivity (Wildman–Crippen MR) is 96.1 cm³/mol. The Bertz CT molecular complexity index is 849. The van der Waals surface area contributed by atoms with Crippen LogP contribution in [0.2, 0.25) is 0 Å². The lowest BCUT2D eigenvalue weighted by molar-refractivity contribution is -0.122. The van der Waals surface area contributed by atoms with E-state index in [-0.39, 0.29) is 24.8 Å². The van der Waals surface area contributed by atoms with E-state index in [4.69, 9.17) is 4.74 Å². The highest BCUT2D eigenvalue weighted by molar-refractivity contribution is 6.11. The summed E-state index contributed by atoms with van der Waals surface area (Å²) in [7, 11) is 1.61. The van der Waals surface area contributed by atoms with Crippen LogP contribution >= 0.6 is 0 Å². The third kappa shape index (κ3) is 2.72. The van der Waals surface area contributed by atoms with Gasteiger partial charge in [-0.25, -0.2) is 0 Å². The standard InChI is InChI=1S/C20H20N2O4/c1-26-15-8-6-13(7-9-15)11-21-17-5-3-2-4-16(17)19(24)22-12-14(23)10-18(22)20(21)25/h2-9,14,18,23H,10-12H2,1H3/t14-,18+/m1/s1. The number of carbonyl (C=O) groups excluding carboxylic acids is 2. The fraction of sp³-hybridized carbons (Fsp3) is 0.300. The number of hydrogen-bond acceptors (Lipinski definition) is 4. The Morgan fingerprint density at radius 1 is 1.12 bits per heavy atom. The maximum atomic E-state index is 13.2. The normalized spacial score (nSPS) is 22.1. The van der Waals surface area contributed by atoms with E-state index in [2.05, 4.69) is 0 Å². The second-order valence-electron chi connectivity index (χ2n) is 6.65. The molecular weight excluding hydrogens is 332 g/mol. The molecule has 2 aliphatic rings. The first-order chi connectivity index (χ1) is 12.6. The van der Waals surface area contributed by atoms with Crippen LogP contribution in [0.1, 0.15) is 22.3 Å². The van der Waals surface area contributed by atoms with Crippen LogP contribution in [0.15, 0.2) is 48.5 Å². The highest BCUT2D eigenvalue weighted by Crippen LogP contribution is 2.33. The Morgan fingerprint density at radius 3 is 2.58 bits per heavy atom. The fourth-order valence-electron chi connectivity index (χ4n) is 3.69. The number of rotatable bonds is 3. The number of methoxy groups -OCH3 is 1. The van der Waals surface area contributed by atoms with Gasteiger partial charge in [0.1, 0.15) is 11.8 Å². The number of amides is 2. The van der Waals surface area contributed by atoms with Crippen molar-refractivity contribution in [3.63, 3.8) is 0 Å². The van der Waals surface area contributed by atoms with Crippen molar-refractivity contribution in [2.75, 3.05) is 18.6 Å². The Hall–Kier alpha value is -2.86. The summed E-state index contributed by atoms with van der Waals surface area (Å²) < 4.78 is 5.18. The number of benzene rings is 2. The quantitative estimate of drug-likeness (QED) is 0.915.